The lowest BCUT2D eigenvalue weighted by Crippen LogP contribution is -2.49. The molecule has 21 heavy (non-hydrogen) atoms. The number of halogens is 1. The van der Waals surface area contributed by atoms with Crippen molar-refractivity contribution in [3.63, 3.8) is 0 Å². The summed E-state index contributed by atoms with van der Waals surface area (Å²) in [6, 6.07) is 3.00. The highest BCUT2D eigenvalue weighted by Crippen LogP contribution is 2.18. The van der Waals surface area contributed by atoms with Gasteiger partial charge in [0.2, 0.25) is 10.0 Å². The van der Waals surface area contributed by atoms with Crippen LogP contribution in [0.15, 0.2) is 23.2 Å². The molecule has 0 spiro atoms. The first kappa shape index (κ1) is 16.6. The molecule has 118 valence electrons. The molecule has 0 aromatic carbocycles. The molecule has 0 aliphatic carbocycles. The van der Waals surface area contributed by atoms with Gasteiger partial charge in [0.25, 0.3) is 0 Å². The molecule has 1 aliphatic rings. The molecule has 6 nitrogen and oxygen atoms in total. The Balaban J connectivity index is 1.96. The van der Waals surface area contributed by atoms with Crippen LogP contribution in [0.5, 0.6) is 0 Å². The lowest BCUT2D eigenvalue weighted by Gasteiger charge is -2.34. The number of likely N-dealkylation sites (N-methyl/N-ethyl adjacent to an activating group) is 1. The second-order valence-corrected chi connectivity index (χ2v) is 7.69. The van der Waals surface area contributed by atoms with Gasteiger partial charge in [-0.2, -0.15) is 4.31 Å². The molecule has 8 heteroatoms. The molecule has 0 unspecified atom stereocenters. The van der Waals surface area contributed by atoms with Crippen molar-refractivity contribution >= 4 is 21.6 Å². The molecule has 0 saturated carbocycles. The Morgan fingerprint density at radius 2 is 1.90 bits per heavy atom. The zero-order chi connectivity index (χ0) is 15.5. The van der Waals surface area contributed by atoms with Crippen molar-refractivity contribution in [2.75, 3.05) is 53.4 Å². The predicted octanol–water partition coefficient (Wildman–Crippen LogP) is 0.603. The summed E-state index contributed by atoms with van der Waals surface area (Å²) in [6.45, 7) is 4.48. The summed E-state index contributed by atoms with van der Waals surface area (Å²) in [5.74, 6) is 0. The third-order valence-electron chi connectivity index (χ3n) is 3.53. The third-order valence-corrected chi connectivity index (χ3v) is 5.64. The van der Waals surface area contributed by atoms with Crippen LogP contribution in [-0.4, -0.2) is 80.9 Å². The molecule has 1 saturated heterocycles. The van der Waals surface area contributed by atoms with E-state index in [0.717, 1.165) is 26.2 Å². The smallest absolute Gasteiger partial charge is 0.244 e. The van der Waals surface area contributed by atoms with Crippen molar-refractivity contribution in [3.05, 3.63) is 23.5 Å². The highest BCUT2D eigenvalue weighted by atomic mass is 35.5. The fourth-order valence-electron chi connectivity index (χ4n) is 2.20. The first-order valence-corrected chi connectivity index (χ1v) is 8.70. The van der Waals surface area contributed by atoms with E-state index in [1.54, 1.807) is 0 Å². The van der Waals surface area contributed by atoms with E-state index in [1.807, 2.05) is 14.1 Å². The van der Waals surface area contributed by atoms with E-state index in [1.165, 1.54) is 22.6 Å². The maximum atomic E-state index is 12.5. The summed E-state index contributed by atoms with van der Waals surface area (Å²) in [5, 5.41) is 0.294. The minimum atomic E-state index is -3.46. The van der Waals surface area contributed by atoms with Crippen LogP contribution in [-0.2, 0) is 10.0 Å². The quantitative estimate of drug-likeness (QED) is 0.739. The number of aromatic nitrogens is 1. The Labute approximate surface area is 131 Å². The molecule has 0 bridgehead atoms. The molecule has 0 radical (unpaired) electrons. The normalized spacial score (nSPS) is 18.3. The van der Waals surface area contributed by atoms with Gasteiger partial charge in [0, 0.05) is 45.5 Å². The van der Waals surface area contributed by atoms with Crippen molar-refractivity contribution in [2.24, 2.45) is 0 Å². The Bertz CT molecular complexity index is 554. The fraction of sp³-hybridized carbons (Fsp3) is 0.615. The van der Waals surface area contributed by atoms with Gasteiger partial charge in [-0.15, -0.1) is 0 Å². The monoisotopic (exact) mass is 332 g/mol. The zero-order valence-electron chi connectivity index (χ0n) is 12.4. The van der Waals surface area contributed by atoms with Gasteiger partial charge in [0.1, 0.15) is 10.0 Å². The number of piperazine rings is 1. The molecule has 1 aliphatic heterocycles. The van der Waals surface area contributed by atoms with Crippen molar-refractivity contribution in [1.82, 2.24) is 19.1 Å². The van der Waals surface area contributed by atoms with Crippen molar-refractivity contribution in [2.45, 2.75) is 4.90 Å². The van der Waals surface area contributed by atoms with Crippen LogP contribution in [0.1, 0.15) is 0 Å². The van der Waals surface area contributed by atoms with Crippen molar-refractivity contribution in [3.8, 4) is 0 Å². The van der Waals surface area contributed by atoms with Gasteiger partial charge >= 0.3 is 0 Å². The molecular weight excluding hydrogens is 312 g/mol. The summed E-state index contributed by atoms with van der Waals surface area (Å²) in [7, 11) is 0.614. The molecule has 2 rings (SSSR count). The minimum absolute atomic E-state index is 0.202. The van der Waals surface area contributed by atoms with E-state index in [0.29, 0.717) is 18.2 Å². The molecular formula is C13H21ClN4O2S. The number of hydrogen-bond donors (Lipinski definition) is 0. The lowest BCUT2D eigenvalue weighted by molar-refractivity contribution is 0.174. The van der Waals surface area contributed by atoms with E-state index in [2.05, 4.69) is 14.8 Å². The number of nitrogens with zero attached hydrogens (tertiary/aromatic N) is 4. The van der Waals surface area contributed by atoms with Gasteiger partial charge in [-0.25, -0.2) is 13.4 Å². The van der Waals surface area contributed by atoms with Crippen molar-refractivity contribution < 1.29 is 8.42 Å². The van der Waals surface area contributed by atoms with Crippen LogP contribution in [0.25, 0.3) is 0 Å². The second kappa shape index (κ2) is 7.02. The van der Waals surface area contributed by atoms with E-state index in [4.69, 9.17) is 11.6 Å². The first-order valence-electron chi connectivity index (χ1n) is 6.88. The summed E-state index contributed by atoms with van der Waals surface area (Å²) in [5.41, 5.74) is 0. The molecule has 0 atom stereocenters. The number of sulfonamides is 1. The standard InChI is InChI=1S/C13H21ClN4O2S/c1-16(2)5-6-17-7-9-18(10-8-17)21(19,20)12-3-4-13(14)15-11-12/h3-4,11H,5-10H2,1-2H3. The van der Waals surface area contributed by atoms with Crippen LogP contribution in [0.4, 0.5) is 0 Å². The van der Waals surface area contributed by atoms with Gasteiger partial charge in [0.05, 0.1) is 0 Å². The molecule has 0 N–H and O–H groups in total. The Morgan fingerprint density at radius 3 is 2.43 bits per heavy atom. The third kappa shape index (κ3) is 4.37. The highest BCUT2D eigenvalue weighted by Gasteiger charge is 2.28. The molecule has 1 aromatic rings. The van der Waals surface area contributed by atoms with Crippen LogP contribution < -0.4 is 0 Å². The maximum Gasteiger partial charge on any atom is 0.244 e. The van der Waals surface area contributed by atoms with Gasteiger partial charge < -0.3 is 4.90 Å². The van der Waals surface area contributed by atoms with E-state index in [-0.39, 0.29) is 4.90 Å². The van der Waals surface area contributed by atoms with Crippen LogP contribution in [0.3, 0.4) is 0 Å². The van der Waals surface area contributed by atoms with Crippen LogP contribution in [0.2, 0.25) is 5.15 Å². The number of rotatable bonds is 5. The van der Waals surface area contributed by atoms with Gasteiger partial charge in [-0.1, -0.05) is 11.6 Å². The summed E-state index contributed by atoms with van der Waals surface area (Å²) in [4.78, 5) is 8.46. The molecule has 1 aromatic heterocycles. The minimum Gasteiger partial charge on any atom is -0.308 e. The first-order chi connectivity index (χ1) is 9.89. The second-order valence-electron chi connectivity index (χ2n) is 5.37. The maximum absolute atomic E-state index is 12.5. The largest absolute Gasteiger partial charge is 0.308 e. The van der Waals surface area contributed by atoms with E-state index >= 15 is 0 Å². The van der Waals surface area contributed by atoms with Gasteiger partial charge in [0.15, 0.2) is 0 Å². The van der Waals surface area contributed by atoms with Gasteiger partial charge in [-0.05, 0) is 26.2 Å². The Kier molecular flexibility index (Phi) is 5.56. The molecule has 2 heterocycles. The SMILES string of the molecule is CN(C)CCN1CCN(S(=O)(=O)c2ccc(Cl)nc2)CC1. The van der Waals surface area contributed by atoms with Crippen LogP contribution >= 0.6 is 11.6 Å². The average molecular weight is 333 g/mol. The Hall–Kier alpha value is -0.730. The molecule has 0 amide bonds. The predicted molar refractivity (Wildman–Crippen MR) is 83.0 cm³/mol. The number of pyridine rings is 1. The highest BCUT2D eigenvalue weighted by molar-refractivity contribution is 7.89. The lowest BCUT2D eigenvalue weighted by atomic mass is 10.3. The molecule has 1 fully saturated rings. The number of hydrogen-bond acceptors (Lipinski definition) is 5. The summed E-state index contributed by atoms with van der Waals surface area (Å²) >= 11 is 5.70. The summed E-state index contributed by atoms with van der Waals surface area (Å²) in [6.07, 6.45) is 1.32. The topological polar surface area (TPSA) is 56.8 Å². The fourth-order valence-corrected chi connectivity index (χ4v) is 3.68. The summed E-state index contributed by atoms with van der Waals surface area (Å²) < 4.78 is 26.5. The van der Waals surface area contributed by atoms with Crippen LogP contribution in [0, 0.1) is 0 Å². The average Bonchev–Trinajstić information content (AvgIpc) is 2.46. The van der Waals surface area contributed by atoms with Crippen molar-refractivity contribution in [1.29, 1.82) is 0 Å². The van der Waals surface area contributed by atoms with Gasteiger partial charge in [-0.3, -0.25) is 4.90 Å². The van der Waals surface area contributed by atoms with E-state index in [9.17, 15) is 8.42 Å². The zero-order valence-corrected chi connectivity index (χ0v) is 13.9. The van der Waals surface area contributed by atoms with E-state index < -0.39 is 10.0 Å². The Morgan fingerprint density at radius 1 is 1.24 bits per heavy atom.